The van der Waals surface area contributed by atoms with Gasteiger partial charge in [-0.3, -0.25) is 9.59 Å². The number of carbonyl (C=O) groups excluding carboxylic acids is 1. The van der Waals surface area contributed by atoms with Crippen LogP contribution in [0.4, 0.5) is 0 Å². The predicted octanol–water partition coefficient (Wildman–Crippen LogP) is -0.276. The Morgan fingerprint density at radius 3 is 2.50 bits per heavy atom. The van der Waals surface area contributed by atoms with E-state index in [-0.39, 0.29) is 15.8 Å². The molecular formula is C11H10N2O5. The summed E-state index contributed by atoms with van der Waals surface area (Å²) in [4.78, 5) is 34.2. The van der Waals surface area contributed by atoms with Gasteiger partial charge in [0.25, 0.3) is 0 Å². The van der Waals surface area contributed by atoms with E-state index in [4.69, 9.17) is 0 Å². The lowest BCUT2D eigenvalue weighted by atomic mass is 10.2. The van der Waals surface area contributed by atoms with Crippen molar-refractivity contribution in [3.63, 3.8) is 0 Å². The highest BCUT2D eigenvalue weighted by Gasteiger charge is 2.13. The molecule has 0 saturated carbocycles. The first kappa shape index (κ1) is 11.9. The largest absolute Gasteiger partial charge is 0.465 e. The standard InChI is InChI=1S/C11H10N2O5/c1-12-7-4-3-6(11(16)18-2)5-8(7)13(17)10(15)9(12)14/h3-5,17H,1-2H3. The number of rotatable bonds is 1. The van der Waals surface area contributed by atoms with Gasteiger partial charge in [-0.1, -0.05) is 0 Å². The molecule has 1 N–H and O–H groups in total. The summed E-state index contributed by atoms with van der Waals surface area (Å²) >= 11 is 0. The van der Waals surface area contributed by atoms with Gasteiger partial charge in [-0.2, -0.15) is 0 Å². The van der Waals surface area contributed by atoms with E-state index in [1.165, 1.54) is 32.4 Å². The topological polar surface area (TPSA) is 90.5 Å². The zero-order valence-corrected chi connectivity index (χ0v) is 9.71. The molecule has 0 radical (unpaired) electrons. The number of hydrogen-bond donors (Lipinski definition) is 1. The second kappa shape index (κ2) is 4.02. The van der Waals surface area contributed by atoms with Crippen LogP contribution >= 0.6 is 0 Å². The SMILES string of the molecule is COC(=O)c1ccc2c(c1)n(O)c(=O)c(=O)n2C. The fourth-order valence-electron chi connectivity index (χ4n) is 1.67. The molecule has 2 rings (SSSR count). The number of benzene rings is 1. The van der Waals surface area contributed by atoms with Crippen LogP contribution in [0.25, 0.3) is 11.0 Å². The van der Waals surface area contributed by atoms with Gasteiger partial charge in [0.2, 0.25) is 0 Å². The van der Waals surface area contributed by atoms with Gasteiger partial charge < -0.3 is 14.5 Å². The molecule has 0 aliphatic carbocycles. The van der Waals surface area contributed by atoms with Crippen LogP contribution in [-0.2, 0) is 11.8 Å². The summed E-state index contributed by atoms with van der Waals surface area (Å²) in [7, 11) is 2.63. The number of fused-ring (bicyclic) bond motifs is 1. The maximum absolute atomic E-state index is 11.5. The quantitative estimate of drug-likeness (QED) is 0.427. The van der Waals surface area contributed by atoms with E-state index in [1.807, 2.05) is 0 Å². The molecule has 1 heterocycles. The molecule has 7 nitrogen and oxygen atoms in total. The second-order valence-corrected chi connectivity index (χ2v) is 3.68. The average Bonchev–Trinajstić information content (AvgIpc) is 2.41. The lowest BCUT2D eigenvalue weighted by Crippen LogP contribution is -2.39. The zero-order chi connectivity index (χ0) is 13.4. The molecule has 94 valence electrons. The first-order chi connectivity index (χ1) is 8.47. The first-order valence-electron chi connectivity index (χ1n) is 5.00. The molecule has 2 aromatic rings. The maximum atomic E-state index is 11.5. The van der Waals surface area contributed by atoms with Crippen LogP contribution in [0, 0.1) is 0 Å². The molecule has 1 aromatic carbocycles. The Labute approximate surface area is 100 Å². The van der Waals surface area contributed by atoms with Crippen LogP contribution in [0.3, 0.4) is 0 Å². The number of ether oxygens (including phenoxy) is 1. The Bertz CT molecular complexity index is 756. The predicted molar refractivity (Wildman–Crippen MR) is 62.0 cm³/mol. The fraction of sp³-hybridized carbons (Fsp3) is 0.182. The van der Waals surface area contributed by atoms with Crippen molar-refractivity contribution in [2.75, 3.05) is 7.11 Å². The van der Waals surface area contributed by atoms with Crippen molar-refractivity contribution >= 4 is 17.0 Å². The monoisotopic (exact) mass is 250 g/mol. The van der Waals surface area contributed by atoms with Crippen LogP contribution in [-0.4, -0.2) is 27.6 Å². The minimum Gasteiger partial charge on any atom is -0.465 e. The van der Waals surface area contributed by atoms with Crippen LogP contribution in [0.2, 0.25) is 0 Å². The summed E-state index contributed by atoms with van der Waals surface area (Å²) in [5, 5.41) is 9.58. The van der Waals surface area contributed by atoms with Crippen LogP contribution in [0.5, 0.6) is 0 Å². The highest BCUT2D eigenvalue weighted by atomic mass is 16.5. The van der Waals surface area contributed by atoms with Crippen molar-refractivity contribution in [3.8, 4) is 0 Å². The fourth-order valence-corrected chi connectivity index (χ4v) is 1.67. The van der Waals surface area contributed by atoms with Gasteiger partial charge in [0.05, 0.1) is 18.2 Å². The molecular weight excluding hydrogens is 240 g/mol. The molecule has 18 heavy (non-hydrogen) atoms. The van der Waals surface area contributed by atoms with E-state index < -0.39 is 17.1 Å². The number of carbonyl (C=O) groups is 1. The van der Waals surface area contributed by atoms with Crippen LogP contribution < -0.4 is 11.1 Å². The Balaban J connectivity index is 2.91. The Morgan fingerprint density at radius 2 is 1.89 bits per heavy atom. The summed E-state index contributed by atoms with van der Waals surface area (Å²) in [5.74, 6) is -0.599. The third-order valence-corrected chi connectivity index (χ3v) is 2.67. The second-order valence-electron chi connectivity index (χ2n) is 3.68. The third-order valence-electron chi connectivity index (χ3n) is 2.67. The number of aryl methyl sites for hydroxylation is 1. The van der Waals surface area contributed by atoms with E-state index in [9.17, 15) is 19.6 Å². The van der Waals surface area contributed by atoms with E-state index in [0.717, 1.165) is 4.57 Å². The summed E-state index contributed by atoms with van der Waals surface area (Å²) in [6, 6.07) is 4.18. The highest BCUT2D eigenvalue weighted by Crippen LogP contribution is 2.12. The highest BCUT2D eigenvalue weighted by molar-refractivity contribution is 5.93. The normalized spacial score (nSPS) is 10.6. The van der Waals surface area contributed by atoms with E-state index in [1.54, 1.807) is 0 Å². The molecule has 1 aromatic heterocycles. The molecule has 0 unspecified atom stereocenters. The smallest absolute Gasteiger partial charge is 0.349 e. The third kappa shape index (κ3) is 1.56. The summed E-state index contributed by atoms with van der Waals surface area (Å²) in [6.45, 7) is 0. The van der Waals surface area contributed by atoms with Crippen LogP contribution in [0.1, 0.15) is 10.4 Å². The van der Waals surface area contributed by atoms with Gasteiger partial charge in [0.1, 0.15) is 5.52 Å². The van der Waals surface area contributed by atoms with Gasteiger partial charge >= 0.3 is 17.1 Å². The molecule has 0 saturated heterocycles. The lowest BCUT2D eigenvalue weighted by molar-refractivity contribution is 0.0601. The Kier molecular flexibility index (Phi) is 2.66. The molecule has 0 bridgehead atoms. The van der Waals surface area contributed by atoms with Crippen molar-refractivity contribution in [3.05, 3.63) is 44.5 Å². The van der Waals surface area contributed by atoms with Gasteiger partial charge in [0, 0.05) is 7.05 Å². The van der Waals surface area contributed by atoms with E-state index in [0.29, 0.717) is 5.52 Å². The van der Waals surface area contributed by atoms with Gasteiger partial charge in [0.15, 0.2) is 0 Å². The molecule has 0 fully saturated rings. The average molecular weight is 250 g/mol. The van der Waals surface area contributed by atoms with Crippen molar-refractivity contribution in [2.24, 2.45) is 7.05 Å². The van der Waals surface area contributed by atoms with Crippen molar-refractivity contribution in [2.45, 2.75) is 0 Å². The number of aromatic nitrogens is 2. The van der Waals surface area contributed by atoms with Gasteiger partial charge in [-0.25, -0.2) is 4.79 Å². The molecule has 0 amide bonds. The van der Waals surface area contributed by atoms with E-state index in [2.05, 4.69) is 4.74 Å². The Morgan fingerprint density at radius 1 is 1.22 bits per heavy atom. The minimum atomic E-state index is -1.08. The summed E-state index contributed by atoms with van der Waals surface area (Å²) in [6.07, 6.45) is 0. The first-order valence-corrected chi connectivity index (χ1v) is 5.00. The molecule has 0 aliphatic rings. The number of nitrogens with zero attached hydrogens (tertiary/aromatic N) is 2. The van der Waals surface area contributed by atoms with Crippen LogP contribution in [0.15, 0.2) is 27.8 Å². The van der Waals surface area contributed by atoms with E-state index >= 15 is 0 Å². The number of esters is 1. The molecule has 7 heteroatoms. The molecule has 0 aliphatic heterocycles. The summed E-state index contributed by atoms with van der Waals surface area (Å²) in [5.41, 5.74) is -1.37. The van der Waals surface area contributed by atoms with Crippen molar-refractivity contribution < 1.29 is 14.7 Å². The Hall–Kier alpha value is -2.57. The van der Waals surface area contributed by atoms with Crippen molar-refractivity contribution in [1.82, 2.24) is 9.30 Å². The molecule has 0 atom stereocenters. The zero-order valence-electron chi connectivity index (χ0n) is 9.71. The van der Waals surface area contributed by atoms with Gasteiger partial charge in [-0.15, -0.1) is 4.73 Å². The molecule has 0 spiro atoms. The number of hydrogen-bond acceptors (Lipinski definition) is 5. The summed E-state index contributed by atoms with van der Waals surface area (Å²) < 4.78 is 5.86. The maximum Gasteiger partial charge on any atom is 0.349 e. The van der Waals surface area contributed by atoms with Gasteiger partial charge in [-0.05, 0) is 18.2 Å². The van der Waals surface area contributed by atoms with Crippen molar-refractivity contribution in [1.29, 1.82) is 0 Å². The minimum absolute atomic E-state index is 0.0602. The number of methoxy groups -OCH3 is 1. The lowest BCUT2D eigenvalue weighted by Gasteiger charge is -2.08.